The summed E-state index contributed by atoms with van der Waals surface area (Å²) in [6.45, 7) is 5.85. The van der Waals surface area contributed by atoms with E-state index in [0.717, 1.165) is 63.2 Å². The molecule has 0 radical (unpaired) electrons. The number of aromatic hydroxyl groups is 1. The van der Waals surface area contributed by atoms with Crippen LogP contribution in [0.25, 0.3) is 0 Å². The normalized spacial score (nSPS) is 22.6. The van der Waals surface area contributed by atoms with Gasteiger partial charge in [0.25, 0.3) is 0 Å². The second-order valence-corrected chi connectivity index (χ2v) is 14.6. The van der Waals surface area contributed by atoms with Crippen LogP contribution in [0.15, 0.2) is 89.8 Å². The molecule has 0 saturated carbocycles. The number of rotatable bonds is 8. The highest BCUT2D eigenvalue weighted by Crippen LogP contribution is 2.36. The Kier molecular flexibility index (Phi) is 10.9. The number of halogens is 1. The Morgan fingerprint density at radius 3 is 2.41 bits per heavy atom. The second-order valence-electron chi connectivity index (χ2n) is 14.6. The lowest BCUT2D eigenvalue weighted by Crippen LogP contribution is -2.56. The third kappa shape index (κ3) is 7.51. The summed E-state index contributed by atoms with van der Waals surface area (Å²) < 4.78 is 15.6. The average molecular weight is 736 g/mol. The molecule has 13 heteroatoms. The standard InChI is InChI=1S/C41H50FN9O3/c1-26-11-21-50(36(26)25-35(47-44)31-5-3-4-6-38(31)52)30-9-7-27(8-10-30)28-12-17-48(18-13-28)29-14-19-49(20-15-29)37-24-34(45-2)32(23-33(37)42)40(43)51-22-16-39(53)46-41(51)54/h3-11,21,23-26,28-29,41,43,45,52,54H,12-20,22,44H2,1-2H3,(H,46,53)/b36-25+,43-40?,47-35+. The molecule has 7 rings (SSSR count). The van der Waals surface area contributed by atoms with Crippen LogP contribution in [0.4, 0.5) is 21.5 Å². The lowest BCUT2D eigenvalue weighted by atomic mass is 9.88. The van der Waals surface area contributed by atoms with Crippen LogP contribution in [0.2, 0.25) is 0 Å². The largest absolute Gasteiger partial charge is 0.507 e. The fourth-order valence-electron chi connectivity index (χ4n) is 8.28. The fraction of sp³-hybridized carbons (Fsp3) is 0.390. The number of carbonyl (C=O) groups is 1. The minimum Gasteiger partial charge on any atom is -0.507 e. The number of aliphatic hydroxyl groups excluding tert-OH is 1. The number of phenols is 1. The molecule has 4 heterocycles. The van der Waals surface area contributed by atoms with E-state index in [1.165, 1.54) is 16.5 Å². The van der Waals surface area contributed by atoms with Crippen LogP contribution in [-0.2, 0) is 4.79 Å². The van der Waals surface area contributed by atoms with E-state index < -0.39 is 12.2 Å². The molecule has 4 aliphatic rings. The lowest BCUT2D eigenvalue weighted by molar-refractivity contribution is -0.131. The summed E-state index contributed by atoms with van der Waals surface area (Å²) in [7, 11) is 1.74. The molecule has 2 atom stereocenters. The van der Waals surface area contributed by atoms with E-state index in [-0.39, 0.29) is 36.4 Å². The van der Waals surface area contributed by atoms with Crippen LogP contribution < -0.4 is 26.3 Å². The zero-order chi connectivity index (χ0) is 37.9. The number of allylic oxidation sites excluding steroid dienone is 2. The van der Waals surface area contributed by atoms with Crippen molar-refractivity contribution in [3.8, 4) is 5.75 Å². The van der Waals surface area contributed by atoms with Gasteiger partial charge in [-0.1, -0.05) is 37.3 Å². The van der Waals surface area contributed by atoms with Gasteiger partial charge in [0.1, 0.15) is 17.4 Å². The highest BCUT2D eigenvalue weighted by Gasteiger charge is 2.32. The van der Waals surface area contributed by atoms with Gasteiger partial charge < -0.3 is 46.3 Å². The Morgan fingerprint density at radius 2 is 1.74 bits per heavy atom. The van der Waals surface area contributed by atoms with Crippen LogP contribution in [0, 0.1) is 17.1 Å². The van der Waals surface area contributed by atoms with Crippen LogP contribution >= 0.6 is 0 Å². The van der Waals surface area contributed by atoms with E-state index in [1.807, 2.05) is 18.2 Å². The van der Waals surface area contributed by atoms with Gasteiger partial charge in [-0.25, -0.2) is 4.39 Å². The van der Waals surface area contributed by atoms with Crippen LogP contribution in [0.5, 0.6) is 5.75 Å². The molecule has 3 aromatic carbocycles. The first kappa shape index (κ1) is 36.9. The summed E-state index contributed by atoms with van der Waals surface area (Å²) in [5.41, 5.74) is 5.99. The van der Waals surface area contributed by atoms with Crippen molar-refractivity contribution < 1.29 is 19.4 Å². The Hall–Kier alpha value is -5.40. The van der Waals surface area contributed by atoms with Gasteiger partial charge in [0.15, 0.2) is 0 Å². The molecule has 0 spiro atoms. The van der Waals surface area contributed by atoms with E-state index in [2.05, 4.69) is 73.9 Å². The quantitative estimate of drug-likeness (QED) is 0.0806. The number of para-hydroxylation sites is 1. The maximum atomic E-state index is 15.6. The van der Waals surface area contributed by atoms with Gasteiger partial charge >= 0.3 is 0 Å². The topological polar surface area (TPSA) is 157 Å². The van der Waals surface area contributed by atoms with Gasteiger partial charge in [0.05, 0.1) is 11.4 Å². The average Bonchev–Trinajstić information content (AvgIpc) is 3.56. The van der Waals surface area contributed by atoms with Gasteiger partial charge in [-0.3, -0.25) is 10.2 Å². The number of aliphatic hydroxyl groups is 1. The number of amidine groups is 1. The first-order chi connectivity index (χ1) is 26.1. The minimum absolute atomic E-state index is 0.0473. The van der Waals surface area contributed by atoms with Crippen molar-refractivity contribution >= 4 is 34.5 Å². The minimum atomic E-state index is -1.32. The highest BCUT2D eigenvalue weighted by atomic mass is 19.1. The van der Waals surface area contributed by atoms with Crippen LogP contribution in [0.3, 0.4) is 0 Å². The smallest absolute Gasteiger partial charge is 0.225 e. The molecular formula is C41H50FN9O3. The molecule has 284 valence electrons. The summed E-state index contributed by atoms with van der Waals surface area (Å²) >= 11 is 0. The Bertz CT molecular complexity index is 1950. The zero-order valence-electron chi connectivity index (χ0n) is 30.9. The molecule has 4 aliphatic heterocycles. The van der Waals surface area contributed by atoms with Crippen molar-refractivity contribution in [3.63, 3.8) is 0 Å². The SMILES string of the molecule is CNc1cc(N2CCC(N3CCC(c4ccc(N5C=CC(C)/C5=C\C(=N/N)c5ccccc5O)cc4)CC3)CC2)c(F)cc1C(=N)N1CCC(=O)NC1O. The van der Waals surface area contributed by atoms with Crippen molar-refractivity contribution in [2.24, 2.45) is 16.9 Å². The van der Waals surface area contributed by atoms with Crippen LogP contribution in [-0.4, -0.2) is 89.6 Å². The number of nitrogens with zero attached hydrogens (tertiary/aromatic N) is 5. The molecule has 1 amide bonds. The molecule has 3 saturated heterocycles. The van der Waals surface area contributed by atoms with Crippen molar-refractivity contribution in [1.82, 2.24) is 15.1 Å². The number of hydrogen-bond donors (Lipinski definition) is 6. The second kappa shape index (κ2) is 15.9. The van der Waals surface area contributed by atoms with Gasteiger partial charge in [-0.05, 0) is 92.7 Å². The predicted molar refractivity (Wildman–Crippen MR) is 211 cm³/mol. The predicted octanol–water partition coefficient (Wildman–Crippen LogP) is 5.06. The lowest BCUT2D eigenvalue weighted by Gasteiger charge is -2.42. The van der Waals surface area contributed by atoms with E-state index >= 15 is 4.39 Å². The first-order valence-corrected chi connectivity index (χ1v) is 18.8. The molecule has 0 aromatic heterocycles. The summed E-state index contributed by atoms with van der Waals surface area (Å²) in [5.74, 6) is 5.83. The third-order valence-electron chi connectivity index (χ3n) is 11.4. The zero-order valence-corrected chi connectivity index (χ0v) is 30.9. The summed E-state index contributed by atoms with van der Waals surface area (Å²) in [4.78, 5) is 19.9. The number of benzene rings is 3. The van der Waals surface area contributed by atoms with Crippen molar-refractivity contribution in [1.29, 1.82) is 5.41 Å². The molecule has 3 fully saturated rings. The molecule has 0 bridgehead atoms. The molecule has 2 unspecified atom stereocenters. The fourth-order valence-corrected chi connectivity index (χ4v) is 8.28. The van der Waals surface area contributed by atoms with E-state index in [4.69, 9.17) is 11.3 Å². The number of anilines is 3. The monoisotopic (exact) mass is 735 g/mol. The Balaban J connectivity index is 0.937. The molecule has 12 nitrogen and oxygen atoms in total. The maximum Gasteiger partial charge on any atom is 0.225 e. The van der Waals surface area contributed by atoms with Gasteiger partial charge in [-0.2, -0.15) is 5.10 Å². The third-order valence-corrected chi connectivity index (χ3v) is 11.4. The summed E-state index contributed by atoms with van der Waals surface area (Å²) in [5, 5.41) is 38.9. The van der Waals surface area contributed by atoms with Crippen molar-refractivity contribution in [3.05, 3.63) is 107 Å². The Labute approximate surface area is 315 Å². The molecule has 3 aromatic rings. The van der Waals surface area contributed by atoms with Crippen molar-refractivity contribution in [2.45, 2.75) is 57.3 Å². The molecular weight excluding hydrogens is 686 g/mol. The Morgan fingerprint density at radius 1 is 1.02 bits per heavy atom. The number of nitrogens with one attached hydrogen (secondary N) is 3. The number of phenolic OH excluding ortho intramolecular Hbond substituents is 1. The van der Waals surface area contributed by atoms with E-state index in [0.29, 0.717) is 40.2 Å². The van der Waals surface area contributed by atoms with Gasteiger partial charge in [-0.15, -0.1) is 0 Å². The number of nitrogens with two attached hydrogens (primary N) is 1. The first-order valence-electron chi connectivity index (χ1n) is 18.8. The van der Waals surface area contributed by atoms with Crippen LogP contribution in [0.1, 0.15) is 61.6 Å². The highest BCUT2D eigenvalue weighted by molar-refractivity contribution is 6.11. The number of likely N-dealkylation sites (tertiary alicyclic amines) is 1. The molecule has 7 N–H and O–H groups in total. The number of hydrogen-bond acceptors (Lipinski definition) is 10. The number of amides is 1. The van der Waals surface area contributed by atoms with Gasteiger partial charge in [0, 0.05) is 79.5 Å². The maximum absolute atomic E-state index is 15.6. The van der Waals surface area contributed by atoms with E-state index in [9.17, 15) is 15.0 Å². The van der Waals surface area contributed by atoms with Gasteiger partial charge in [0.2, 0.25) is 12.3 Å². The summed E-state index contributed by atoms with van der Waals surface area (Å²) in [6.07, 6.45) is 9.07. The number of carbonyl (C=O) groups excluding carboxylic acids is 1. The number of hydrazone groups is 1. The molecule has 0 aliphatic carbocycles. The molecule has 54 heavy (non-hydrogen) atoms. The number of piperidine rings is 2. The summed E-state index contributed by atoms with van der Waals surface area (Å²) in [6, 6.07) is 19.5. The van der Waals surface area contributed by atoms with Crippen molar-refractivity contribution in [2.75, 3.05) is 54.9 Å². The van der Waals surface area contributed by atoms with E-state index in [1.54, 1.807) is 25.2 Å².